The first-order valence-corrected chi connectivity index (χ1v) is 6.16. The van der Waals surface area contributed by atoms with Crippen LogP contribution in [0.3, 0.4) is 0 Å². The zero-order valence-electron chi connectivity index (χ0n) is 11.1. The van der Waals surface area contributed by atoms with Gasteiger partial charge in [0, 0.05) is 19.1 Å². The van der Waals surface area contributed by atoms with Gasteiger partial charge in [0.25, 0.3) is 0 Å². The molecular weight excluding hydrogens is 264 g/mol. The fraction of sp³-hybridized carbons (Fsp3) is 0.385. The molecule has 1 aliphatic rings. The van der Waals surface area contributed by atoms with E-state index in [0.717, 1.165) is 0 Å². The first-order chi connectivity index (χ1) is 9.54. The van der Waals surface area contributed by atoms with E-state index in [2.05, 4.69) is 5.28 Å². The van der Waals surface area contributed by atoms with Gasteiger partial charge in [-0.3, -0.25) is 4.79 Å². The first kappa shape index (κ1) is 14.1. The van der Waals surface area contributed by atoms with Crippen molar-refractivity contribution in [3.8, 4) is 0 Å². The Morgan fingerprint density at radius 3 is 2.60 bits per heavy atom. The van der Waals surface area contributed by atoms with Crippen molar-refractivity contribution in [1.29, 1.82) is 0 Å². The van der Waals surface area contributed by atoms with Gasteiger partial charge in [-0.05, 0) is 23.8 Å². The third-order valence-electron chi connectivity index (χ3n) is 2.84. The van der Waals surface area contributed by atoms with Crippen LogP contribution in [-0.2, 0) is 14.4 Å². The molecule has 2 unspecified atom stereocenters. The number of carbonyl (C=O) groups is 2. The number of rotatable bonds is 4. The molecule has 0 aliphatic carbocycles. The zero-order chi connectivity index (χ0) is 14.7. The molecule has 0 saturated carbocycles. The van der Waals surface area contributed by atoms with E-state index in [1.807, 2.05) is 0 Å². The monoisotopic (exact) mass is 279 g/mol. The maximum atomic E-state index is 11.5. The largest absolute Gasteiger partial charge is 0.462 e. The van der Waals surface area contributed by atoms with Crippen LogP contribution in [0.5, 0.6) is 0 Å². The third-order valence-corrected chi connectivity index (χ3v) is 2.84. The van der Waals surface area contributed by atoms with E-state index in [1.165, 1.54) is 11.6 Å². The van der Waals surface area contributed by atoms with E-state index < -0.39 is 18.3 Å². The Hall–Kier alpha value is -2.28. The minimum Gasteiger partial charge on any atom is -0.462 e. The number of Topliss-reactive ketones (excluding diaryl/α,β-unsaturated/α-hetero) is 1. The van der Waals surface area contributed by atoms with Gasteiger partial charge in [0.05, 0.1) is 12.2 Å². The molecule has 7 nitrogen and oxygen atoms in total. The van der Waals surface area contributed by atoms with Crippen LogP contribution in [-0.4, -0.2) is 40.5 Å². The minimum absolute atomic E-state index is 0.270. The van der Waals surface area contributed by atoms with Crippen LogP contribution < -0.4 is 0 Å². The van der Waals surface area contributed by atoms with Crippen LogP contribution in [0.15, 0.2) is 29.5 Å². The molecule has 20 heavy (non-hydrogen) atoms. The Kier molecular flexibility index (Phi) is 4.09. The lowest BCUT2D eigenvalue weighted by Crippen LogP contribution is -2.35. The van der Waals surface area contributed by atoms with Gasteiger partial charge >= 0.3 is 18.3 Å². The summed E-state index contributed by atoms with van der Waals surface area (Å²) in [5, 5.41) is 13.2. The average molecular weight is 279 g/mol. The number of hydrogen-bond acceptors (Lipinski definition) is 6. The second-order valence-electron chi connectivity index (χ2n) is 4.25. The molecule has 1 aromatic carbocycles. The Morgan fingerprint density at radius 1 is 1.40 bits per heavy atom. The van der Waals surface area contributed by atoms with E-state index in [0.29, 0.717) is 17.9 Å². The molecule has 0 amide bonds. The quantitative estimate of drug-likeness (QED) is 0.660. The number of ketones is 1. The molecule has 1 heterocycles. The van der Waals surface area contributed by atoms with Crippen molar-refractivity contribution in [2.75, 3.05) is 6.61 Å². The van der Waals surface area contributed by atoms with Crippen molar-refractivity contribution in [2.45, 2.75) is 26.2 Å². The molecule has 0 spiro atoms. The number of ether oxygens (including phenoxy) is 1. The molecule has 2 rings (SSSR count). The predicted molar refractivity (Wildman–Crippen MR) is 66.3 cm³/mol. The number of aliphatic hydroxyl groups is 1. The number of aliphatic hydroxyl groups excluding tert-OH is 1. The highest BCUT2D eigenvalue weighted by molar-refractivity contribution is 5.89. The summed E-state index contributed by atoms with van der Waals surface area (Å²) in [6.45, 7) is 3.37. The van der Waals surface area contributed by atoms with Crippen LogP contribution in [0.2, 0.25) is 0 Å². The fourth-order valence-electron chi connectivity index (χ4n) is 1.87. The lowest BCUT2D eigenvalue weighted by atomic mass is 10.1. The molecule has 0 radical (unpaired) electrons. The van der Waals surface area contributed by atoms with Gasteiger partial charge in [0.15, 0.2) is 5.28 Å². The lowest BCUT2D eigenvalue weighted by molar-refractivity contribution is -0.533. The van der Waals surface area contributed by atoms with Crippen LogP contribution in [0.4, 0.5) is 5.69 Å². The highest BCUT2D eigenvalue weighted by Gasteiger charge is 2.45. The van der Waals surface area contributed by atoms with E-state index >= 15 is 0 Å². The zero-order valence-corrected chi connectivity index (χ0v) is 11.1. The lowest BCUT2D eigenvalue weighted by Gasteiger charge is -2.04. The fourth-order valence-corrected chi connectivity index (χ4v) is 1.87. The Morgan fingerprint density at radius 2 is 2.05 bits per heavy atom. The summed E-state index contributed by atoms with van der Waals surface area (Å²) < 4.78 is 6.15. The van der Waals surface area contributed by atoms with Gasteiger partial charge in [0.1, 0.15) is 0 Å². The molecule has 0 bridgehead atoms. The SMILES string of the molecule is CCOC(=O)c1ccc([N+]2=NOC(O)C2C(C)=O)cc1. The van der Waals surface area contributed by atoms with Crippen molar-refractivity contribution in [3.05, 3.63) is 29.8 Å². The summed E-state index contributed by atoms with van der Waals surface area (Å²) in [7, 11) is 0. The minimum atomic E-state index is -1.29. The second kappa shape index (κ2) is 5.79. The van der Waals surface area contributed by atoms with Gasteiger partial charge in [0.2, 0.25) is 11.5 Å². The Bertz CT molecular complexity index is 552. The van der Waals surface area contributed by atoms with E-state index in [1.54, 1.807) is 31.2 Å². The predicted octanol–water partition coefficient (Wildman–Crippen LogP) is 1.18. The molecule has 0 saturated heterocycles. The molecule has 1 aromatic rings. The summed E-state index contributed by atoms with van der Waals surface area (Å²) in [5.74, 6) is -0.690. The normalized spacial score (nSPS) is 21.1. The van der Waals surface area contributed by atoms with E-state index in [9.17, 15) is 14.7 Å². The van der Waals surface area contributed by atoms with Crippen LogP contribution in [0.1, 0.15) is 24.2 Å². The molecular formula is C13H15N2O5+. The van der Waals surface area contributed by atoms with Gasteiger partial charge in [-0.1, -0.05) is 0 Å². The summed E-state index contributed by atoms with van der Waals surface area (Å²) >= 11 is 0. The molecule has 1 aliphatic heterocycles. The van der Waals surface area contributed by atoms with Crippen molar-refractivity contribution in [3.63, 3.8) is 0 Å². The van der Waals surface area contributed by atoms with Crippen LogP contribution >= 0.6 is 0 Å². The van der Waals surface area contributed by atoms with Gasteiger partial charge < -0.3 is 14.7 Å². The maximum absolute atomic E-state index is 11.5. The first-order valence-electron chi connectivity index (χ1n) is 6.16. The number of carbonyl (C=O) groups excluding carboxylic acids is 2. The summed E-state index contributed by atoms with van der Waals surface area (Å²) in [4.78, 5) is 27.7. The second-order valence-corrected chi connectivity index (χ2v) is 4.25. The highest BCUT2D eigenvalue weighted by atomic mass is 16.7. The summed E-state index contributed by atoms with van der Waals surface area (Å²) in [6.07, 6.45) is -1.29. The number of nitrogens with zero attached hydrogens (tertiary/aromatic N) is 2. The number of hydrogen-bond donors (Lipinski definition) is 1. The van der Waals surface area contributed by atoms with E-state index in [4.69, 9.17) is 9.57 Å². The van der Waals surface area contributed by atoms with Crippen LogP contribution in [0.25, 0.3) is 0 Å². The van der Waals surface area contributed by atoms with Gasteiger partial charge in [-0.2, -0.15) is 0 Å². The van der Waals surface area contributed by atoms with E-state index in [-0.39, 0.29) is 5.78 Å². The summed E-state index contributed by atoms with van der Waals surface area (Å²) in [5.41, 5.74) is 0.936. The molecule has 106 valence electrons. The Balaban J connectivity index is 2.22. The molecule has 0 fully saturated rings. The van der Waals surface area contributed by atoms with Crippen molar-refractivity contribution >= 4 is 17.4 Å². The maximum Gasteiger partial charge on any atom is 0.338 e. The van der Waals surface area contributed by atoms with Gasteiger partial charge in [-0.25, -0.2) is 4.79 Å². The molecule has 7 heteroatoms. The smallest absolute Gasteiger partial charge is 0.338 e. The van der Waals surface area contributed by atoms with Crippen molar-refractivity contribution in [1.82, 2.24) is 0 Å². The van der Waals surface area contributed by atoms with Crippen LogP contribution in [0, 0.1) is 0 Å². The van der Waals surface area contributed by atoms with Gasteiger partial charge in [-0.15, -0.1) is 0 Å². The topological polar surface area (TPSA) is 88.2 Å². The number of esters is 1. The number of benzene rings is 1. The highest BCUT2D eigenvalue weighted by Crippen LogP contribution is 2.23. The Labute approximate surface area is 115 Å². The third kappa shape index (κ3) is 2.67. The molecule has 2 atom stereocenters. The van der Waals surface area contributed by atoms with Crippen molar-refractivity contribution < 1.29 is 29.0 Å². The summed E-state index contributed by atoms with van der Waals surface area (Å²) in [6, 6.07) is 5.44. The molecule has 0 aromatic heterocycles. The van der Waals surface area contributed by atoms with Crippen molar-refractivity contribution in [2.24, 2.45) is 5.28 Å². The average Bonchev–Trinajstić information content (AvgIpc) is 2.81. The molecule has 1 N–H and O–H groups in total. The standard InChI is InChI=1S/C13H15N2O5/c1-3-19-12(17)9-4-6-10(7-5-9)15-11(8(2)16)13(18)20-14-15/h4-7,11,13,18H,3H2,1-2H3/q+1.